The van der Waals surface area contributed by atoms with Gasteiger partial charge in [-0.2, -0.15) is 0 Å². The van der Waals surface area contributed by atoms with Crippen LogP contribution in [-0.2, 0) is 6.54 Å². The maximum Gasteiger partial charge on any atom is 0.115 e. The van der Waals surface area contributed by atoms with Gasteiger partial charge in [-0.15, -0.1) is 0 Å². The molecule has 2 N–H and O–H groups in total. The number of aromatic hydroxyl groups is 1. The minimum Gasteiger partial charge on any atom is -0.508 e. The Hall–Kier alpha value is -1.32. The molecule has 3 heteroatoms. The van der Waals surface area contributed by atoms with E-state index >= 15 is 0 Å². The first-order valence-corrected chi connectivity index (χ1v) is 6.71. The van der Waals surface area contributed by atoms with Crippen LogP contribution in [0, 0.1) is 0 Å². The van der Waals surface area contributed by atoms with E-state index < -0.39 is 0 Å². The summed E-state index contributed by atoms with van der Waals surface area (Å²) in [5.74, 6) is 0.304. The fraction of sp³-hybridized carbons (Fsp3) is 0.200. The maximum absolute atomic E-state index is 9.25. The average Bonchev–Trinajstić information content (AvgIpc) is 2.37. The molecule has 0 amide bonds. The Morgan fingerprint density at radius 3 is 2.56 bits per heavy atom. The van der Waals surface area contributed by atoms with Crippen LogP contribution in [0.25, 0.3) is 0 Å². The minimum absolute atomic E-state index is 0.254. The number of hydrogen-bond donors (Lipinski definition) is 2. The van der Waals surface area contributed by atoms with E-state index in [4.69, 9.17) is 0 Å². The largest absolute Gasteiger partial charge is 0.508 e. The van der Waals surface area contributed by atoms with Crippen molar-refractivity contribution < 1.29 is 5.11 Å². The molecule has 2 rings (SSSR count). The lowest BCUT2D eigenvalue weighted by Crippen LogP contribution is -2.17. The molecule has 0 heterocycles. The fourth-order valence-corrected chi connectivity index (χ4v) is 2.25. The normalized spacial score (nSPS) is 12.3. The molecule has 2 nitrogen and oxygen atoms in total. The van der Waals surface area contributed by atoms with Crippen molar-refractivity contribution in [1.82, 2.24) is 5.32 Å². The molecule has 0 saturated heterocycles. The molecule has 2 aromatic carbocycles. The Bertz CT molecular complexity index is 510. The van der Waals surface area contributed by atoms with Gasteiger partial charge in [0, 0.05) is 17.1 Å². The number of phenols is 1. The number of benzene rings is 2. The van der Waals surface area contributed by atoms with Gasteiger partial charge in [-0.25, -0.2) is 0 Å². The first-order valence-electron chi connectivity index (χ1n) is 5.92. The highest BCUT2D eigenvalue weighted by molar-refractivity contribution is 9.10. The van der Waals surface area contributed by atoms with E-state index in [1.165, 1.54) is 11.1 Å². The number of halogens is 1. The standard InChI is InChI=1S/C15H16BrNO/c1-11(13-5-7-15(18)8-6-13)17-10-12-3-2-4-14(16)9-12/h2-9,11,17-18H,10H2,1H3. The third-order valence-corrected chi connectivity index (χ3v) is 3.39. The highest BCUT2D eigenvalue weighted by atomic mass is 79.9. The first kappa shape index (κ1) is 13.1. The van der Waals surface area contributed by atoms with E-state index in [1.807, 2.05) is 24.3 Å². The Kier molecular flexibility index (Phi) is 4.39. The molecule has 0 fully saturated rings. The smallest absolute Gasteiger partial charge is 0.115 e. The summed E-state index contributed by atoms with van der Waals surface area (Å²) < 4.78 is 1.10. The van der Waals surface area contributed by atoms with Gasteiger partial charge >= 0.3 is 0 Å². The zero-order chi connectivity index (χ0) is 13.0. The number of nitrogens with one attached hydrogen (secondary N) is 1. The molecule has 0 aliphatic rings. The average molecular weight is 306 g/mol. The van der Waals surface area contributed by atoms with Crippen LogP contribution < -0.4 is 5.32 Å². The van der Waals surface area contributed by atoms with Crippen molar-refractivity contribution in [3.8, 4) is 5.75 Å². The molecule has 1 atom stereocenters. The predicted molar refractivity (Wildman–Crippen MR) is 77.5 cm³/mol. The third-order valence-electron chi connectivity index (χ3n) is 2.89. The zero-order valence-electron chi connectivity index (χ0n) is 10.2. The van der Waals surface area contributed by atoms with Crippen molar-refractivity contribution in [1.29, 1.82) is 0 Å². The molecular weight excluding hydrogens is 290 g/mol. The fourth-order valence-electron chi connectivity index (χ4n) is 1.80. The summed E-state index contributed by atoms with van der Waals surface area (Å²) in [6, 6.07) is 15.8. The van der Waals surface area contributed by atoms with Gasteiger partial charge in [0.1, 0.15) is 5.75 Å². The molecular formula is C15H16BrNO. The van der Waals surface area contributed by atoms with Gasteiger partial charge < -0.3 is 10.4 Å². The van der Waals surface area contributed by atoms with Crippen LogP contribution in [0.3, 0.4) is 0 Å². The monoisotopic (exact) mass is 305 g/mol. The second-order valence-electron chi connectivity index (χ2n) is 4.32. The number of phenolic OH excluding ortho intramolecular Hbond substituents is 1. The summed E-state index contributed by atoms with van der Waals surface area (Å²) in [5, 5.41) is 12.7. The van der Waals surface area contributed by atoms with Crippen LogP contribution in [0.5, 0.6) is 5.75 Å². The summed E-state index contributed by atoms with van der Waals surface area (Å²) >= 11 is 3.47. The van der Waals surface area contributed by atoms with Crippen molar-refractivity contribution >= 4 is 15.9 Å². The summed E-state index contributed by atoms with van der Waals surface area (Å²) in [6.07, 6.45) is 0. The van der Waals surface area contributed by atoms with E-state index in [-0.39, 0.29) is 6.04 Å². The van der Waals surface area contributed by atoms with Crippen LogP contribution in [0.15, 0.2) is 53.0 Å². The minimum atomic E-state index is 0.254. The van der Waals surface area contributed by atoms with Crippen LogP contribution in [0.4, 0.5) is 0 Å². The van der Waals surface area contributed by atoms with Crippen molar-refractivity contribution in [3.63, 3.8) is 0 Å². The summed E-state index contributed by atoms with van der Waals surface area (Å²) in [6.45, 7) is 2.94. The van der Waals surface area contributed by atoms with Gasteiger partial charge in [0.15, 0.2) is 0 Å². The van der Waals surface area contributed by atoms with Gasteiger partial charge in [-0.1, -0.05) is 40.2 Å². The molecule has 0 bridgehead atoms. The second kappa shape index (κ2) is 6.03. The SMILES string of the molecule is CC(NCc1cccc(Br)c1)c1ccc(O)cc1. The van der Waals surface area contributed by atoms with Crippen molar-refractivity contribution in [2.75, 3.05) is 0 Å². The van der Waals surface area contributed by atoms with E-state index in [1.54, 1.807) is 12.1 Å². The first-order chi connectivity index (χ1) is 8.65. The second-order valence-corrected chi connectivity index (χ2v) is 5.24. The van der Waals surface area contributed by atoms with E-state index in [0.717, 1.165) is 11.0 Å². The van der Waals surface area contributed by atoms with Crippen molar-refractivity contribution in [2.45, 2.75) is 19.5 Å². The van der Waals surface area contributed by atoms with E-state index in [2.05, 4.69) is 40.3 Å². The maximum atomic E-state index is 9.25. The molecule has 0 saturated carbocycles. The molecule has 18 heavy (non-hydrogen) atoms. The number of rotatable bonds is 4. The lowest BCUT2D eigenvalue weighted by Gasteiger charge is -2.14. The quantitative estimate of drug-likeness (QED) is 0.894. The lowest BCUT2D eigenvalue weighted by atomic mass is 10.1. The highest BCUT2D eigenvalue weighted by Gasteiger charge is 2.04. The predicted octanol–water partition coefficient (Wildman–Crippen LogP) is 4.01. The summed E-state index contributed by atoms with van der Waals surface area (Å²) in [7, 11) is 0. The molecule has 94 valence electrons. The topological polar surface area (TPSA) is 32.3 Å². The molecule has 0 radical (unpaired) electrons. The zero-order valence-corrected chi connectivity index (χ0v) is 11.8. The molecule has 1 unspecified atom stereocenters. The van der Waals surface area contributed by atoms with Crippen LogP contribution in [0.1, 0.15) is 24.1 Å². The van der Waals surface area contributed by atoms with Crippen molar-refractivity contribution in [2.24, 2.45) is 0 Å². The van der Waals surface area contributed by atoms with Gasteiger partial charge in [-0.05, 0) is 42.3 Å². The van der Waals surface area contributed by atoms with Gasteiger partial charge in [0.25, 0.3) is 0 Å². The Morgan fingerprint density at radius 1 is 1.17 bits per heavy atom. The van der Waals surface area contributed by atoms with Gasteiger partial charge in [0.05, 0.1) is 0 Å². The summed E-state index contributed by atoms with van der Waals surface area (Å²) in [4.78, 5) is 0. The molecule has 0 aliphatic carbocycles. The lowest BCUT2D eigenvalue weighted by molar-refractivity contribution is 0.474. The Morgan fingerprint density at radius 2 is 1.89 bits per heavy atom. The van der Waals surface area contributed by atoms with E-state index in [9.17, 15) is 5.11 Å². The summed E-state index contributed by atoms with van der Waals surface area (Å²) in [5.41, 5.74) is 2.41. The molecule has 2 aromatic rings. The molecule has 0 spiro atoms. The van der Waals surface area contributed by atoms with Crippen LogP contribution in [0.2, 0.25) is 0 Å². The Labute approximate surface area is 116 Å². The van der Waals surface area contributed by atoms with Gasteiger partial charge in [0.2, 0.25) is 0 Å². The highest BCUT2D eigenvalue weighted by Crippen LogP contribution is 2.17. The van der Waals surface area contributed by atoms with Gasteiger partial charge in [-0.3, -0.25) is 0 Å². The Balaban J connectivity index is 1.96. The number of hydrogen-bond acceptors (Lipinski definition) is 2. The molecule has 0 aromatic heterocycles. The third kappa shape index (κ3) is 3.59. The van der Waals surface area contributed by atoms with Crippen LogP contribution in [-0.4, -0.2) is 5.11 Å². The van der Waals surface area contributed by atoms with Crippen LogP contribution >= 0.6 is 15.9 Å². The van der Waals surface area contributed by atoms with Crippen molar-refractivity contribution in [3.05, 3.63) is 64.1 Å². The molecule has 0 aliphatic heterocycles. The van der Waals surface area contributed by atoms with E-state index in [0.29, 0.717) is 5.75 Å².